The Bertz CT molecular complexity index is 567. The van der Waals surface area contributed by atoms with Crippen LogP contribution in [0, 0.1) is 0 Å². The molecule has 0 spiro atoms. The van der Waals surface area contributed by atoms with Gasteiger partial charge in [0, 0.05) is 32.8 Å². The number of benzene rings is 1. The Labute approximate surface area is 154 Å². The maximum absolute atomic E-state index is 12.2. The summed E-state index contributed by atoms with van der Waals surface area (Å²) in [5, 5.41) is 14.7. The quantitative estimate of drug-likeness (QED) is 0.582. The second-order valence-corrected chi connectivity index (χ2v) is 6.70. The Morgan fingerprint density at radius 1 is 1.35 bits per heavy atom. The highest BCUT2D eigenvalue weighted by atomic mass is 16.5. The van der Waals surface area contributed by atoms with Crippen molar-refractivity contribution in [3.8, 4) is 0 Å². The number of amides is 2. The van der Waals surface area contributed by atoms with Crippen LogP contribution in [0.1, 0.15) is 31.2 Å². The number of hydrogen-bond donors (Lipinski definition) is 3. The van der Waals surface area contributed by atoms with Crippen molar-refractivity contribution in [1.29, 1.82) is 0 Å². The molecule has 0 aliphatic carbocycles. The molecule has 2 unspecified atom stereocenters. The summed E-state index contributed by atoms with van der Waals surface area (Å²) >= 11 is 0. The molecule has 7 nitrogen and oxygen atoms in total. The molecule has 1 fully saturated rings. The number of carboxylic acid groups (broad SMARTS) is 1. The Morgan fingerprint density at radius 2 is 2.12 bits per heavy atom. The molecule has 3 N–H and O–H groups in total. The van der Waals surface area contributed by atoms with Crippen LogP contribution in [0.25, 0.3) is 0 Å². The highest BCUT2D eigenvalue weighted by molar-refractivity contribution is 5.82. The average molecular weight is 363 g/mol. The van der Waals surface area contributed by atoms with Gasteiger partial charge in [-0.05, 0) is 37.8 Å². The van der Waals surface area contributed by atoms with Crippen LogP contribution in [-0.4, -0.2) is 60.9 Å². The van der Waals surface area contributed by atoms with Crippen LogP contribution in [0.15, 0.2) is 30.3 Å². The lowest BCUT2D eigenvalue weighted by Gasteiger charge is -2.33. The van der Waals surface area contributed by atoms with Crippen molar-refractivity contribution in [1.82, 2.24) is 15.5 Å². The van der Waals surface area contributed by atoms with E-state index in [0.29, 0.717) is 19.4 Å². The van der Waals surface area contributed by atoms with E-state index in [-0.39, 0.29) is 6.04 Å². The van der Waals surface area contributed by atoms with Gasteiger partial charge in [0.2, 0.25) is 0 Å². The van der Waals surface area contributed by atoms with Gasteiger partial charge in [0.1, 0.15) is 6.04 Å². The molecule has 2 atom stereocenters. The minimum absolute atomic E-state index is 0.0286. The minimum Gasteiger partial charge on any atom is -0.480 e. The normalized spacial score (nSPS) is 18.9. The number of nitrogens with one attached hydrogen (secondary N) is 2. The number of carbonyl (C=O) groups excluding carboxylic acids is 1. The van der Waals surface area contributed by atoms with Gasteiger partial charge in [0.05, 0.1) is 0 Å². The molecular formula is C19H29N3O4. The number of nitrogens with zero attached hydrogens (tertiary/aromatic N) is 1. The largest absolute Gasteiger partial charge is 0.480 e. The molecular weight excluding hydrogens is 334 g/mol. The van der Waals surface area contributed by atoms with Crippen LogP contribution in [-0.2, 0) is 16.1 Å². The predicted octanol–water partition coefficient (Wildman–Crippen LogP) is 1.83. The van der Waals surface area contributed by atoms with E-state index < -0.39 is 18.0 Å². The second-order valence-electron chi connectivity index (χ2n) is 6.70. The Hall–Kier alpha value is -2.12. The molecule has 2 amide bonds. The van der Waals surface area contributed by atoms with Crippen LogP contribution in [0.2, 0.25) is 0 Å². The standard InChI is InChI=1S/C19H29N3O4/c1-26-12-6-10-17(18(23)24)21-19(25)20-16-9-5-11-22(14-16)13-15-7-3-2-4-8-15/h2-4,7-8,16-17H,5-6,9-14H2,1H3,(H,23,24)(H2,20,21,25). The molecule has 26 heavy (non-hydrogen) atoms. The number of carboxylic acids is 1. The molecule has 7 heteroatoms. The van der Waals surface area contributed by atoms with E-state index in [9.17, 15) is 14.7 Å². The van der Waals surface area contributed by atoms with Crippen molar-refractivity contribution in [3.05, 3.63) is 35.9 Å². The van der Waals surface area contributed by atoms with Gasteiger partial charge in [-0.2, -0.15) is 0 Å². The number of carbonyl (C=O) groups is 2. The van der Waals surface area contributed by atoms with Gasteiger partial charge >= 0.3 is 12.0 Å². The fraction of sp³-hybridized carbons (Fsp3) is 0.579. The number of urea groups is 1. The molecule has 1 aliphatic heterocycles. The fourth-order valence-electron chi connectivity index (χ4n) is 3.23. The van der Waals surface area contributed by atoms with Gasteiger partial charge in [-0.3, -0.25) is 4.90 Å². The van der Waals surface area contributed by atoms with E-state index in [1.165, 1.54) is 5.56 Å². The monoisotopic (exact) mass is 363 g/mol. The number of aliphatic carboxylic acids is 1. The van der Waals surface area contributed by atoms with Gasteiger partial charge in [-0.1, -0.05) is 30.3 Å². The topological polar surface area (TPSA) is 90.9 Å². The zero-order chi connectivity index (χ0) is 18.8. The van der Waals surface area contributed by atoms with E-state index in [0.717, 1.165) is 32.5 Å². The SMILES string of the molecule is COCCCC(NC(=O)NC1CCCN(Cc2ccccc2)C1)C(=O)O. The number of rotatable bonds is 9. The lowest BCUT2D eigenvalue weighted by Crippen LogP contribution is -2.53. The van der Waals surface area contributed by atoms with Crippen molar-refractivity contribution in [2.45, 2.75) is 44.3 Å². The maximum atomic E-state index is 12.2. The molecule has 1 heterocycles. The van der Waals surface area contributed by atoms with E-state index in [4.69, 9.17) is 4.74 Å². The van der Waals surface area contributed by atoms with E-state index in [1.54, 1.807) is 7.11 Å². The number of methoxy groups -OCH3 is 1. The summed E-state index contributed by atoms with van der Waals surface area (Å²) < 4.78 is 4.93. The minimum atomic E-state index is -1.02. The van der Waals surface area contributed by atoms with Crippen molar-refractivity contribution in [2.24, 2.45) is 0 Å². The summed E-state index contributed by atoms with van der Waals surface area (Å²) in [6.45, 7) is 3.10. The highest BCUT2D eigenvalue weighted by Crippen LogP contribution is 2.13. The summed E-state index contributed by atoms with van der Waals surface area (Å²) in [4.78, 5) is 25.8. The van der Waals surface area contributed by atoms with Crippen LogP contribution in [0.3, 0.4) is 0 Å². The van der Waals surface area contributed by atoms with Crippen LogP contribution in [0.5, 0.6) is 0 Å². The first-order valence-corrected chi connectivity index (χ1v) is 9.13. The first kappa shape index (κ1) is 20.2. The maximum Gasteiger partial charge on any atom is 0.326 e. The zero-order valence-electron chi connectivity index (χ0n) is 15.3. The molecule has 144 valence electrons. The van der Waals surface area contributed by atoms with E-state index in [2.05, 4.69) is 27.7 Å². The lowest BCUT2D eigenvalue weighted by atomic mass is 10.0. The Kier molecular flexibility index (Phi) is 8.37. The fourth-order valence-corrected chi connectivity index (χ4v) is 3.23. The number of piperidine rings is 1. The molecule has 2 rings (SSSR count). The summed E-state index contributed by atoms with van der Waals surface area (Å²) in [5.74, 6) is -1.02. The van der Waals surface area contributed by atoms with Gasteiger partial charge in [-0.25, -0.2) is 9.59 Å². The molecule has 1 aromatic carbocycles. The smallest absolute Gasteiger partial charge is 0.326 e. The first-order valence-electron chi connectivity index (χ1n) is 9.13. The second kappa shape index (κ2) is 10.8. The Balaban J connectivity index is 1.78. The third-order valence-corrected chi connectivity index (χ3v) is 4.53. The van der Waals surface area contributed by atoms with Crippen LogP contribution < -0.4 is 10.6 Å². The highest BCUT2D eigenvalue weighted by Gasteiger charge is 2.24. The first-order chi connectivity index (χ1) is 12.6. The van der Waals surface area contributed by atoms with E-state index >= 15 is 0 Å². The van der Waals surface area contributed by atoms with Gasteiger partial charge in [-0.15, -0.1) is 0 Å². The Morgan fingerprint density at radius 3 is 2.81 bits per heavy atom. The third kappa shape index (κ3) is 7.01. The number of likely N-dealkylation sites (tertiary alicyclic amines) is 1. The number of hydrogen-bond acceptors (Lipinski definition) is 4. The zero-order valence-corrected chi connectivity index (χ0v) is 15.3. The van der Waals surface area contributed by atoms with Crippen molar-refractivity contribution < 1.29 is 19.4 Å². The molecule has 1 aliphatic rings. The van der Waals surface area contributed by atoms with Gasteiger partial charge in [0.15, 0.2) is 0 Å². The summed E-state index contributed by atoms with van der Waals surface area (Å²) in [5.41, 5.74) is 1.25. The summed E-state index contributed by atoms with van der Waals surface area (Å²) in [6, 6.07) is 8.97. The predicted molar refractivity (Wildman–Crippen MR) is 98.9 cm³/mol. The van der Waals surface area contributed by atoms with Gasteiger partial charge < -0.3 is 20.5 Å². The number of ether oxygens (including phenoxy) is 1. The third-order valence-electron chi connectivity index (χ3n) is 4.53. The van der Waals surface area contributed by atoms with Gasteiger partial charge in [0.25, 0.3) is 0 Å². The average Bonchev–Trinajstić information content (AvgIpc) is 2.62. The van der Waals surface area contributed by atoms with Crippen LogP contribution >= 0.6 is 0 Å². The molecule has 0 bridgehead atoms. The molecule has 1 saturated heterocycles. The molecule has 0 saturated carbocycles. The molecule has 0 aromatic heterocycles. The van der Waals surface area contributed by atoms with Crippen LogP contribution in [0.4, 0.5) is 4.79 Å². The summed E-state index contributed by atoms with van der Waals surface area (Å²) in [6.07, 6.45) is 2.84. The van der Waals surface area contributed by atoms with E-state index in [1.807, 2.05) is 18.2 Å². The molecule has 1 aromatic rings. The van der Waals surface area contributed by atoms with Crippen molar-refractivity contribution >= 4 is 12.0 Å². The molecule has 0 radical (unpaired) electrons. The van der Waals surface area contributed by atoms with Crippen molar-refractivity contribution in [2.75, 3.05) is 26.8 Å². The van der Waals surface area contributed by atoms with Crippen molar-refractivity contribution in [3.63, 3.8) is 0 Å². The summed E-state index contributed by atoms with van der Waals surface area (Å²) in [7, 11) is 1.57. The lowest BCUT2D eigenvalue weighted by molar-refractivity contribution is -0.139.